The van der Waals surface area contributed by atoms with Crippen LogP contribution < -0.4 is 5.32 Å². The molecule has 8 atom stereocenters. The molecule has 1 aromatic carbocycles. The Morgan fingerprint density at radius 3 is 2.36 bits per heavy atom. The number of nitrogens with zero attached hydrogens (tertiary/aromatic N) is 1. The van der Waals surface area contributed by atoms with E-state index in [1.165, 1.54) is 75.3 Å². The highest BCUT2D eigenvalue weighted by atomic mass is 16.4. The number of hydrogen-bond acceptors (Lipinski definition) is 4. The van der Waals surface area contributed by atoms with Gasteiger partial charge < -0.3 is 15.3 Å². The average Bonchev–Trinajstić information content (AvgIpc) is 3.45. The first-order valence-corrected chi connectivity index (χ1v) is 18.5. The molecule has 0 bridgehead atoms. The van der Waals surface area contributed by atoms with Crippen molar-refractivity contribution in [2.24, 2.45) is 51.8 Å². The van der Waals surface area contributed by atoms with E-state index < -0.39 is 5.97 Å². The van der Waals surface area contributed by atoms with Crippen molar-refractivity contribution in [2.45, 2.75) is 110 Å². The van der Waals surface area contributed by atoms with Gasteiger partial charge in [0.05, 0.1) is 5.92 Å². The Labute approximate surface area is 272 Å². The van der Waals surface area contributed by atoms with Crippen LogP contribution in [0, 0.1) is 51.8 Å². The van der Waals surface area contributed by atoms with Gasteiger partial charge in [-0.3, -0.25) is 9.59 Å². The minimum absolute atomic E-state index is 0.119. The lowest BCUT2D eigenvalue weighted by Gasteiger charge is -2.68. The lowest BCUT2D eigenvalue weighted by Crippen LogP contribution is -2.63. The van der Waals surface area contributed by atoms with E-state index in [0.29, 0.717) is 22.3 Å². The van der Waals surface area contributed by atoms with Gasteiger partial charge in [0.25, 0.3) is 0 Å². The summed E-state index contributed by atoms with van der Waals surface area (Å²) in [5, 5.41) is 13.6. The molecule has 8 unspecified atom stereocenters. The number of nitrogens with one attached hydrogen (secondary N) is 1. The van der Waals surface area contributed by atoms with Gasteiger partial charge in [0, 0.05) is 24.2 Å². The molecule has 5 heteroatoms. The molecule has 0 radical (unpaired) electrons. The molecule has 1 aliphatic heterocycles. The molecule has 1 aromatic rings. The van der Waals surface area contributed by atoms with Crippen molar-refractivity contribution < 1.29 is 14.7 Å². The first-order chi connectivity index (χ1) is 21.5. The third-order valence-electron chi connectivity index (χ3n) is 15.3. The number of hydrogen-bond donors (Lipinski definition) is 2. The number of carboxylic acid groups (broad SMARTS) is 1. The second-order valence-corrected chi connectivity index (χ2v) is 17.4. The number of likely N-dealkylation sites (tertiary alicyclic amines) is 1. The minimum atomic E-state index is -0.612. The number of carboxylic acids is 1. The van der Waals surface area contributed by atoms with Crippen molar-refractivity contribution >= 4 is 17.8 Å². The number of carbonyl (C=O) groups excluding carboxylic acids is 1. The summed E-state index contributed by atoms with van der Waals surface area (Å²) in [6.45, 7) is 14.4. The zero-order valence-electron chi connectivity index (χ0n) is 28.5. The fourth-order valence-electron chi connectivity index (χ4n) is 13.2. The molecule has 2 N–H and O–H groups in total. The third kappa shape index (κ3) is 5.09. The second kappa shape index (κ2) is 11.6. The molecular weight excluding hydrogens is 556 g/mol. The molecule has 0 amide bonds. The van der Waals surface area contributed by atoms with E-state index >= 15 is 0 Å². The number of aldehydes is 1. The summed E-state index contributed by atoms with van der Waals surface area (Å²) in [6.07, 6.45) is 18.7. The Kier molecular flexibility index (Phi) is 8.16. The van der Waals surface area contributed by atoms with Crippen molar-refractivity contribution in [3.05, 3.63) is 41.5 Å². The summed E-state index contributed by atoms with van der Waals surface area (Å²) in [4.78, 5) is 25.2. The Bertz CT molecular complexity index is 1310. The van der Waals surface area contributed by atoms with E-state index in [1.807, 2.05) is 12.1 Å². The molecule has 6 aliphatic rings. The highest BCUT2D eigenvalue weighted by molar-refractivity contribution is 5.78. The summed E-state index contributed by atoms with van der Waals surface area (Å²) in [6, 6.07) is 8.31. The maximum atomic E-state index is 11.4. The van der Waals surface area contributed by atoms with Gasteiger partial charge in [0.2, 0.25) is 0 Å². The van der Waals surface area contributed by atoms with Crippen LogP contribution in [-0.2, 0) is 4.79 Å². The average molecular weight is 615 g/mol. The number of rotatable bonds is 7. The number of carbonyl (C=O) groups is 2. The van der Waals surface area contributed by atoms with E-state index in [-0.39, 0.29) is 11.3 Å². The van der Waals surface area contributed by atoms with Gasteiger partial charge in [-0.2, -0.15) is 0 Å². The molecule has 4 saturated carbocycles. The highest BCUT2D eigenvalue weighted by Gasteiger charge is 2.65. The Balaban J connectivity index is 1.05. The first-order valence-electron chi connectivity index (χ1n) is 18.5. The summed E-state index contributed by atoms with van der Waals surface area (Å²) in [5.74, 6) is 3.25. The van der Waals surface area contributed by atoms with E-state index in [0.717, 1.165) is 74.5 Å². The molecule has 5 aliphatic carbocycles. The topological polar surface area (TPSA) is 69.6 Å². The lowest BCUT2D eigenvalue weighted by atomic mass is 9.37. The smallest absolute Gasteiger partial charge is 0.306 e. The van der Waals surface area contributed by atoms with Crippen molar-refractivity contribution in [1.29, 1.82) is 0 Å². The van der Waals surface area contributed by atoms with E-state index in [4.69, 9.17) is 0 Å². The van der Waals surface area contributed by atoms with Crippen molar-refractivity contribution in [3.63, 3.8) is 0 Å². The van der Waals surface area contributed by atoms with Crippen LogP contribution >= 0.6 is 0 Å². The molecule has 7 rings (SSSR count). The molecule has 0 aromatic heterocycles. The van der Waals surface area contributed by atoms with Crippen LogP contribution in [0.25, 0.3) is 5.57 Å². The molecule has 5 nitrogen and oxygen atoms in total. The lowest BCUT2D eigenvalue weighted by molar-refractivity contribution is -0.172. The SMILES string of the molecule is CC1(C)C(c2ccc(C=O)cc2)=CCC2(C)C1CCC1(C)C3CCC4(NCCN5CCC(C(=O)O)CC5)CCCC4C3CCC12. The zero-order valence-corrected chi connectivity index (χ0v) is 28.5. The molecule has 45 heavy (non-hydrogen) atoms. The molecule has 0 spiro atoms. The largest absolute Gasteiger partial charge is 0.481 e. The van der Waals surface area contributed by atoms with Gasteiger partial charge >= 0.3 is 5.97 Å². The van der Waals surface area contributed by atoms with Gasteiger partial charge in [-0.1, -0.05) is 64.5 Å². The van der Waals surface area contributed by atoms with Gasteiger partial charge in [-0.15, -0.1) is 0 Å². The van der Waals surface area contributed by atoms with Crippen LogP contribution in [0.2, 0.25) is 0 Å². The Hall–Kier alpha value is -1.98. The van der Waals surface area contributed by atoms with Gasteiger partial charge in [0.1, 0.15) is 6.29 Å². The van der Waals surface area contributed by atoms with E-state index in [9.17, 15) is 14.7 Å². The second-order valence-electron chi connectivity index (χ2n) is 17.4. The fraction of sp³-hybridized carbons (Fsp3) is 0.750. The Morgan fingerprint density at radius 2 is 1.64 bits per heavy atom. The number of piperidine rings is 1. The highest BCUT2D eigenvalue weighted by Crippen LogP contribution is 2.72. The van der Waals surface area contributed by atoms with Crippen LogP contribution in [0.3, 0.4) is 0 Å². The fourth-order valence-corrected chi connectivity index (χ4v) is 13.2. The standard InChI is InChI=1S/C40H58N2O3/c1-37(2)31(28-9-7-27(26-43)8-10-28)13-19-39(4)34(37)15-20-38(3)32-14-21-40(18-5-6-33(40)30(32)11-12-35(38)39)41-22-25-42-23-16-29(17-24-42)36(44)45/h7-10,13,26,29-30,32-35,41H,5-6,11-12,14-25H2,1-4H3,(H,44,45). The summed E-state index contributed by atoms with van der Waals surface area (Å²) in [7, 11) is 0. The summed E-state index contributed by atoms with van der Waals surface area (Å²) >= 11 is 0. The van der Waals surface area contributed by atoms with Crippen molar-refractivity contribution in [3.8, 4) is 0 Å². The molecule has 1 saturated heterocycles. The summed E-state index contributed by atoms with van der Waals surface area (Å²) < 4.78 is 0. The molecular formula is C40H58N2O3. The van der Waals surface area contributed by atoms with Crippen molar-refractivity contribution in [2.75, 3.05) is 26.2 Å². The molecule has 1 heterocycles. The van der Waals surface area contributed by atoms with E-state index in [2.05, 4.69) is 56.1 Å². The number of benzene rings is 1. The number of fused-ring (bicyclic) bond motifs is 7. The maximum Gasteiger partial charge on any atom is 0.306 e. The maximum absolute atomic E-state index is 11.4. The molecule has 246 valence electrons. The van der Waals surface area contributed by atoms with Crippen LogP contribution in [0.4, 0.5) is 0 Å². The quantitative estimate of drug-likeness (QED) is 0.304. The number of allylic oxidation sites excluding steroid dienone is 2. The number of aliphatic carboxylic acids is 1. The van der Waals surface area contributed by atoms with Gasteiger partial charge in [0.15, 0.2) is 0 Å². The predicted octanol–water partition coefficient (Wildman–Crippen LogP) is 8.10. The third-order valence-corrected chi connectivity index (χ3v) is 15.3. The van der Waals surface area contributed by atoms with Crippen LogP contribution in [-0.4, -0.2) is 54.0 Å². The van der Waals surface area contributed by atoms with Gasteiger partial charge in [-0.05, 0) is 141 Å². The summed E-state index contributed by atoms with van der Waals surface area (Å²) in [5.41, 5.74) is 4.77. The molecule has 5 fully saturated rings. The van der Waals surface area contributed by atoms with Crippen LogP contribution in [0.1, 0.15) is 121 Å². The normalized spacial score (nSPS) is 41.2. The first kappa shape index (κ1) is 31.6. The monoisotopic (exact) mass is 614 g/mol. The zero-order chi connectivity index (χ0) is 31.6. The van der Waals surface area contributed by atoms with E-state index in [1.54, 1.807) is 0 Å². The van der Waals surface area contributed by atoms with Crippen LogP contribution in [0.5, 0.6) is 0 Å². The minimum Gasteiger partial charge on any atom is -0.481 e. The van der Waals surface area contributed by atoms with Crippen LogP contribution in [0.15, 0.2) is 30.3 Å². The predicted molar refractivity (Wildman–Crippen MR) is 181 cm³/mol. The Morgan fingerprint density at radius 1 is 0.889 bits per heavy atom. The van der Waals surface area contributed by atoms with Crippen molar-refractivity contribution in [1.82, 2.24) is 10.2 Å². The van der Waals surface area contributed by atoms with Gasteiger partial charge in [-0.25, -0.2) is 0 Å².